The Hall–Kier alpha value is -1.14. The van der Waals surface area contributed by atoms with Crippen LogP contribution in [0.5, 0.6) is 0 Å². The van der Waals surface area contributed by atoms with Crippen molar-refractivity contribution in [3.8, 4) is 0 Å². The molecule has 73 heavy (non-hydrogen) atoms. The molecule has 0 aromatic carbocycles. The molecule has 418 valence electrons. The molecule has 6 saturated heterocycles. The minimum atomic E-state index is -2.00. The van der Waals surface area contributed by atoms with E-state index in [1.54, 1.807) is 0 Å². The normalized spacial score (nSPS) is 57.1. The van der Waals surface area contributed by atoms with Crippen molar-refractivity contribution >= 4 is 0 Å². The van der Waals surface area contributed by atoms with E-state index in [-0.39, 0.29) is 23.0 Å². The first-order valence-electron chi connectivity index (χ1n) is 26.9. The molecule has 12 N–H and O–H groups in total. The van der Waals surface area contributed by atoms with E-state index in [4.69, 9.17) is 47.4 Å². The molecule has 4 aliphatic carbocycles. The monoisotopic (exact) mass is 1050 g/mol. The van der Waals surface area contributed by atoms with Crippen LogP contribution in [0.1, 0.15) is 92.4 Å². The van der Waals surface area contributed by atoms with Crippen molar-refractivity contribution in [3.05, 3.63) is 11.6 Å². The van der Waals surface area contributed by atoms with Crippen LogP contribution in [0, 0.1) is 46.3 Å². The molecular formula is C51H82O22. The first kappa shape index (κ1) is 55.2. The molecule has 3 saturated carbocycles. The lowest BCUT2D eigenvalue weighted by Crippen LogP contribution is -2.66. The van der Waals surface area contributed by atoms with Crippen molar-refractivity contribution in [2.75, 3.05) is 26.4 Å². The van der Waals surface area contributed by atoms with Gasteiger partial charge in [-0.2, -0.15) is 0 Å². The van der Waals surface area contributed by atoms with Crippen molar-refractivity contribution in [3.63, 3.8) is 0 Å². The lowest BCUT2D eigenvalue weighted by molar-refractivity contribution is -0.386. The van der Waals surface area contributed by atoms with Gasteiger partial charge < -0.3 is 109 Å². The fourth-order valence-electron chi connectivity index (χ4n) is 15.4. The van der Waals surface area contributed by atoms with Crippen LogP contribution >= 0.6 is 0 Å². The quantitative estimate of drug-likeness (QED) is 0.1000. The lowest BCUT2D eigenvalue weighted by Gasteiger charge is -2.58. The number of ether oxygens (including phenoxy) is 10. The summed E-state index contributed by atoms with van der Waals surface area (Å²) in [5.74, 6) is 2.55. The van der Waals surface area contributed by atoms with Crippen molar-refractivity contribution in [2.24, 2.45) is 46.3 Å². The SMILES string of the molecule is C[C@@H]1CC[C@]2(OC1)O[C@@H]1C[C@@H]3[C@H]4CC=C5C[C@@H](O[C@@H]6O[C@H](CO[C@H]7O[C@@H](C)[C@H](O)[C@@H](O)[C@@H]7O[C@H]7O[C@@H](CO)[C@H](O[C@H]8O[C@@H](CO)[C@H](O)[C@@H](O)[C@@H]8O)[C@@H](O)[C@@H]7O)[C@@H](O)[C@H](O)[C@H]6O)CC[C@]5(C)[C@@H]4CC[C@@]3(C)[C@@H]1[C@H]2C. The molecule has 0 amide bonds. The van der Waals surface area contributed by atoms with E-state index in [2.05, 4.69) is 33.8 Å². The predicted octanol–water partition coefficient (Wildman–Crippen LogP) is -1.96. The predicted molar refractivity (Wildman–Crippen MR) is 247 cm³/mol. The average Bonchev–Trinajstić information content (AvgIpc) is 3.82. The van der Waals surface area contributed by atoms with Crippen LogP contribution in [0.4, 0.5) is 0 Å². The molecule has 6 aliphatic heterocycles. The Kier molecular flexibility index (Phi) is 16.0. The minimum absolute atomic E-state index is 0.0243. The number of hydrogen-bond acceptors (Lipinski definition) is 22. The molecule has 31 atom stereocenters. The second-order valence-corrected chi connectivity index (χ2v) is 23.9. The van der Waals surface area contributed by atoms with Crippen molar-refractivity contribution in [1.82, 2.24) is 0 Å². The molecule has 1 spiro atoms. The van der Waals surface area contributed by atoms with E-state index in [1.165, 1.54) is 12.5 Å². The Balaban J connectivity index is 0.764. The first-order valence-corrected chi connectivity index (χ1v) is 26.9. The van der Waals surface area contributed by atoms with Gasteiger partial charge in [-0.15, -0.1) is 0 Å². The number of hydrogen-bond donors (Lipinski definition) is 12. The van der Waals surface area contributed by atoms with Gasteiger partial charge in [0.25, 0.3) is 0 Å². The lowest BCUT2D eigenvalue weighted by atomic mass is 9.47. The molecule has 0 unspecified atom stereocenters. The highest BCUT2D eigenvalue weighted by Gasteiger charge is 2.69. The summed E-state index contributed by atoms with van der Waals surface area (Å²) in [4.78, 5) is 0. The Labute approximate surface area is 425 Å². The van der Waals surface area contributed by atoms with Gasteiger partial charge >= 0.3 is 0 Å². The van der Waals surface area contributed by atoms with Gasteiger partial charge in [0, 0.05) is 12.3 Å². The summed E-state index contributed by atoms with van der Waals surface area (Å²) in [6, 6.07) is 0. The number of aliphatic hydroxyl groups is 12. The Morgan fingerprint density at radius 3 is 1.89 bits per heavy atom. The Morgan fingerprint density at radius 1 is 0.603 bits per heavy atom. The molecule has 6 heterocycles. The smallest absolute Gasteiger partial charge is 0.187 e. The van der Waals surface area contributed by atoms with Crippen LogP contribution in [0.2, 0.25) is 0 Å². The average molecular weight is 1050 g/mol. The molecule has 0 aromatic rings. The van der Waals surface area contributed by atoms with Crippen molar-refractivity contribution in [1.29, 1.82) is 0 Å². The summed E-state index contributed by atoms with van der Waals surface area (Å²) in [6.07, 6.45) is -21.9. The molecule has 0 bridgehead atoms. The topological polar surface area (TPSA) is 335 Å². The van der Waals surface area contributed by atoms with E-state index in [9.17, 15) is 61.3 Å². The summed E-state index contributed by atoms with van der Waals surface area (Å²) >= 11 is 0. The highest BCUT2D eigenvalue weighted by Crippen LogP contribution is 2.70. The summed E-state index contributed by atoms with van der Waals surface area (Å²) < 4.78 is 60.7. The summed E-state index contributed by atoms with van der Waals surface area (Å²) in [5, 5.41) is 129. The third kappa shape index (κ3) is 9.52. The zero-order valence-electron chi connectivity index (χ0n) is 42.4. The van der Waals surface area contributed by atoms with Gasteiger partial charge in [0.05, 0.1) is 44.7 Å². The van der Waals surface area contributed by atoms with Gasteiger partial charge in [-0.3, -0.25) is 0 Å². The maximum atomic E-state index is 11.3. The van der Waals surface area contributed by atoms with Crippen LogP contribution in [0.15, 0.2) is 11.6 Å². The first-order chi connectivity index (χ1) is 34.6. The van der Waals surface area contributed by atoms with Gasteiger partial charge in [0.15, 0.2) is 30.9 Å². The zero-order valence-corrected chi connectivity index (χ0v) is 42.4. The van der Waals surface area contributed by atoms with E-state index in [0.29, 0.717) is 48.3 Å². The van der Waals surface area contributed by atoms with Crippen LogP contribution in [-0.2, 0) is 47.4 Å². The highest BCUT2D eigenvalue weighted by molar-refractivity contribution is 5.26. The molecule has 10 aliphatic rings. The standard InChI is InChI=1S/C51H82O22/c1-20-8-13-51(65-18-20)21(2)32-28(73-51)15-27-25-7-6-23-14-24(9-11-49(23,4)26(25)10-12-50(27,32)5)67-45-40(61)37(58)35(56)31(70-45)19-64-48-44(38(59)33(54)22(3)66-48)72-47-42(63)39(60)43(30(17-53)69-47)71-46-41(62)36(57)34(55)29(16-52)68-46/h6,20-22,24-48,52-63H,7-19H2,1-5H3/t20-,21-,22+,24+,25+,26-,27-,28-,29+,30+,31-,32-,33+,34+,35-,36-,37+,38-,39+,40-,41+,42+,43+,44+,45-,46-,47-,48+,49+,50-,51+/m1/s1. The number of rotatable bonds is 11. The third-order valence-electron chi connectivity index (χ3n) is 19.8. The molecule has 0 aromatic heterocycles. The summed E-state index contributed by atoms with van der Waals surface area (Å²) in [6.45, 7) is 9.61. The largest absolute Gasteiger partial charge is 0.394 e. The molecule has 0 radical (unpaired) electrons. The van der Waals surface area contributed by atoms with Gasteiger partial charge in [0.2, 0.25) is 0 Å². The fourth-order valence-corrected chi connectivity index (χ4v) is 15.4. The Bertz CT molecular complexity index is 1920. The molecule has 9 fully saturated rings. The number of fused-ring (bicyclic) bond motifs is 7. The highest BCUT2D eigenvalue weighted by atomic mass is 16.8. The molecular weight excluding hydrogens is 965 g/mol. The maximum Gasteiger partial charge on any atom is 0.187 e. The number of allylic oxidation sites excluding steroid dienone is 1. The maximum absolute atomic E-state index is 11.3. The number of aliphatic hydroxyl groups excluding tert-OH is 12. The van der Waals surface area contributed by atoms with Gasteiger partial charge in [-0.1, -0.05) is 39.3 Å². The summed E-state index contributed by atoms with van der Waals surface area (Å²) in [5.41, 5.74) is 1.50. The van der Waals surface area contributed by atoms with Crippen LogP contribution < -0.4 is 0 Å². The van der Waals surface area contributed by atoms with E-state index < -0.39 is 148 Å². The van der Waals surface area contributed by atoms with E-state index >= 15 is 0 Å². The second-order valence-electron chi connectivity index (χ2n) is 23.9. The van der Waals surface area contributed by atoms with Crippen LogP contribution in [-0.4, -0.2) is 229 Å². The van der Waals surface area contributed by atoms with Crippen molar-refractivity contribution in [2.45, 2.75) is 233 Å². The van der Waals surface area contributed by atoms with Crippen molar-refractivity contribution < 1.29 is 109 Å². The minimum Gasteiger partial charge on any atom is -0.394 e. The summed E-state index contributed by atoms with van der Waals surface area (Å²) in [7, 11) is 0. The van der Waals surface area contributed by atoms with Gasteiger partial charge in [0.1, 0.15) is 91.6 Å². The third-order valence-corrected chi connectivity index (χ3v) is 19.8. The molecule has 22 heteroatoms. The molecule has 10 rings (SSSR count). The van der Waals surface area contributed by atoms with E-state index in [0.717, 1.165) is 51.6 Å². The second kappa shape index (κ2) is 21.2. The molecule has 22 nitrogen and oxygen atoms in total. The fraction of sp³-hybridized carbons (Fsp3) is 0.961. The van der Waals surface area contributed by atoms with Crippen LogP contribution in [0.3, 0.4) is 0 Å². The van der Waals surface area contributed by atoms with E-state index in [1.807, 2.05) is 0 Å². The van der Waals surface area contributed by atoms with Gasteiger partial charge in [-0.25, -0.2) is 0 Å². The van der Waals surface area contributed by atoms with Gasteiger partial charge in [-0.05, 0) is 98.7 Å². The Morgan fingerprint density at radius 2 is 1.22 bits per heavy atom. The zero-order chi connectivity index (χ0) is 52.2. The van der Waals surface area contributed by atoms with Crippen LogP contribution in [0.25, 0.3) is 0 Å².